The van der Waals surface area contributed by atoms with Crippen molar-refractivity contribution in [3.8, 4) is 0 Å². The number of hydrogen-bond donors (Lipinski definition) is 1. The maximum Gasteiger partial charge on any atom is 0.230 e. The molecule has 4 heteroatoms. The molecule has 0 bridgehead atoms. The summed E-state index contributed by atoms with van der Waals surface area (Å²) < 4.78 is 0. The fourth-order valence-corrected chi connectivity index (χ4v) is 2.17. The Bertz CT molecular complexity index is 562. The van der Waals surface area contributed by atoms with Gasteiger partial charge in [-0.1, -0.05) is 49.4 Å². The van der Waals surface area contributed by atoms with Crippen LogP contribution in [0.25, 0.3) is 10.8 Å². The van der Waals surface area contributed by atoms with Crippen LogP contribution in [0.15, 0.2) is 42.5 Å². The van der Waals surface area contributed by atoms with Crippen molar-refractivity contribution in [3.05, 3.63) is 58.1 Å². The van der Waals surface area contributed by atoms with Gasteiger partial charge in [0.1, 0.15) is 6.10 Å². The van der Waals surface area contributed by atoms with E-state index in [9.17, 15) is 15.2 Å². The van der Waals surface area contributed by atoms with E-state index in [1.165, 1.54) is 0 Å². The van der Waals surface area contributed by atoms with Crippen molar-refractivity contribution in [1.29, 1.82) is 0 Å². The smallest absolute Gasteiger partial charge is 0.230 e. The first kappa shape index (κ1) is 12.5. The Morgan fingerprint density at radius 3 is 2.61 bits per heavy atom. The Morgan fingerprint density at radius 2 is 1.89 bits per heavy atom. The van der Waals surface area contributed by atoms with Gasteiger partial charge in [0.25, 0.3) is 0 Å². The minimum absolute atomic E-state index is 0.263. The van der Waals surface area contributed by atoms with Gasteiger partial charge in [-0.3, -0.25) is 10.1 Å². The van der Waals surface area contributed by atoms with Gasteiger partial charge in [0, 0.05) is 10.8 Å². The SMILES string of the molecule is CC(c1cccc2ccccc12)C(O)C[N+](=O)[O-]. The predicted molar refractivity (Wildman–Crippen MR) is 70.2 cm³/mol. The largest absolute Gasteiger partial charge is 0.386 e. The Balaban J connectivity index is 2.38. The molecule has 2 rings (SSSR count). The Morgan fingerprint density at radius 1 is 1.22 bits per heavy atom. The monoisotopic (exact) mass is 245 g/mol. The zero-order chi connectivity index (χ0) is 13.1. The molecule has 0 aliphatic carbocycles. The molecule has 0 radical (unpaired) electrons. The normalized spacial score (nSPS) is 14.3. The summed E-state index contributed by atoms with van der Waals surface area (Å²) in [5, 5.41) is 22.4. The highest BCUT2D eigenvalue weighted by Gasteiger charge is 2.22. The summed E-state index contributed by atoms with van der Waals surface area (Å²) in [6.07, 6.45) is -0.967. The summed E-state index contributed by atoms with van der Waals surface area (Å²) in [6, 6.07) is 13.7. The molecule has 2 unspecified atom stereocenters. The lowest BCUT2D eigenvalue weighted by molar-refractivity contribution is -0.491. The summed E-state index contributed by atoms with van der Waals surface area (Å²) in [6.45, 7) is 1.39. The number of hydrogen-bond acceptors (Lipinski definition) is 3. The Kier molecular flexibility index (Phi) is 3.58. The lowest BCUT2D eigenvalue weighted by Gasteiger charge is -2.17. The highest BCUT2D eigenvalue weighted by Crippen LogP contribution is 2.27. The van der Waals surface area contributed by atoms with Crippen LogP contribution in [0.3, 0.4) is 0 Å². The molecule has 4 nitrogen and oxygen atoms in total. The molecule has 0 heterocycles. The lowest BCUT2D eigenvalue weighted by Crippen LogP contribution is -2.25. The van der Waals surface area contributed by atoms with E-state index in [0.717, 1.165) is 16.3 Å². The Labute approximate surface area is 105 Å². The molecule has 0 fully saturated rings. The van der Waals surface area contributed by atoms with Crippen LogP contribution in [-0.4, -0.2) is 22.7 Å². The zero-order valence-corrected chi connectivity index (χ0v) is 10.1. The van der Waals surface area contributed by atoms with E-state index < -0.39 is 17.6 Å². The molecular weight excluding hydrogens is 230 g/mol. The number of aliphatic hydroxyl groups is 1. The van der Waals surface area contributed by atoms with Gasteiger partial charge < -0.3 is 5.11 Å². The third-order valence-electron chi connectivity index (χ3n) is 3.23. The summed E-state index contributed by atoms with van der Waals surface area (Å²) in [7, 11) is 0. The zero-order valence-electron chi connectivity index (χ0n) is 10.1. The van der Waals surface area contributed by atoms with Gasteiger partial charge in [-0.25, -0.2) is 0 Å². The topological polar surface area (TPSA) is 63.4 Å². The highest BCUT2D eigenvalue weighted by molar-refractivity contribution is 5.86. The minimum atomic E-state index is -0.967. The van der Waals surface area contributed by atoms with Crippen molar-refractivity contribution in [1.82, 2.24) is 0 Å². The number of rotatable bonds is 4. The van der Waals surface area contributed by atoms with Crippen LogP contribution in [0.1, 0.15) is 18.4 Å². The number of aliphatic hydroxyl groups excluding tert-OH is 1. The molecule has 1 N–H and O–H groups in total. The summed E-state index contributed by atoms with van der Waals surface area (Å²) >= 11 is 0. The fraction of sp³-hybridized carbons (Fsp3) is 0.286. The summed E-state index contributed by atoms with van der Waals surface area (Å²) in [4.78, 5) is 9.97. The molecule has 18 heavy (non-hydrogen) atoms. The second kappa shape index (κ2) is 5.14. The van der Waals surface area contributed by atoms with E-state index in [1.54, 1.807) is 0 Å². The number of benzene rings is 2. The molecule has 2 atom stereocenters. The highest BCUT2D eigenvalue weighted by atomic mass is 16.6. The average Bonchev–Trinajstić information content (AvgIpc) is 2.36. The van der Waals surface area contributed by atoms with Crippen LogP contribution < -0.4 is 0 Å². The van der Waals surface area contributed by atoms with Crippen LogP contribution in [0.2, 0.25) is 0 Å². The third kappa shape index (κ3) is 2.49. The second-order valence-corrected chi connectivity index (χ2v) is 4.44. The molecule has 2 aromatic rings. The van der Waals surface area contributed by atoms with Crippen LogP contribution in [0.5, 0.6) is 0 Å². The van der Waals surface area contributed by atoms with Gasteiger partial charge in [0.2, 0.25) is 6.54 Å². The van der Waals surface area contributed by atoms with E-state index in [1.807, 2.05) is 49.4 Å². The molecule has 0 aliphatic rings. The quantitative estimate of drug-likeness (QED) is 0.665. The summed E-state index contributed by atoms with van der Waals surface area (Å²) in [5.41, 5.74) is 0.947. The van der Waals surface area contributed by atoms with Gasteiger partial charge >= 0.3 is 0 Å². The molecule has 94 valence electrons. The van der Waals surface area contributed by atoms with Gasteiger partial charge in [-0.2, -0.15) is 0 Å². The maximum atomic E-state index is 10.5. The van der Waals surface area contributed by atoms with E-state index in [-0.39, 0.29) is 5.92 Å². The van der Waals surface area contributed by atoms with Crippen molar-refractivity contribution >= 4 is 10.8 Å². The lowest BCUT2D eigenvalue weighted by atomic mass is 9.91. The molecular formula is C14H15NO3. The predicted octanol–water partition coefficient (Wildman–Crippen LogP) is 2.58. The molecule has 0 spiro atoms. The molecule has 0 saturated heterocycles. The summed E-state index contributed by atoms with van der Waals surface area (Å²) in [5.74, 6) is -0.263. The van der Waals surface area contributed by atoms with Crippen LogP contribution >= 0.6 is 0 Å². The third-order valence-corrected chi connectivity index (χ3v) is 3.23. The van der Waals surface area contributed by atoms with Gasteiger partial charge in [0.05, 0.1) is 0 Å². The van der Waals surface area contributed by atoms with Crippen LogP contribution in [0.4, 0.5) is 0 Å². The van der Waals surface area contributed by atoms with Gasteiger partial charge in [-0.05, 0) is 16.3 Å². The van der Waals surface area contributed by atoms with Crippen molar-refractivity contribution in [3.63, 3.8) is 0 Å². The van der Waals surface area contributed by atoms with Gasteiger partial charge in [0.15, 0.2) is 0 Å². The molecule has 0 amide bonds. The number of nitro groups is 1. The fourth-order valence-electron chi connectivity index (χ4n) is 2.17. The number of nitrogens with zero attached hydrogens (tertiary/aromatic N) is 1. The standard InChI is InChI=1S/C14H15NO3/c1-10(14(16)9-15(17)18)12-8-4-6-11-5-2-3-7-13(11)12/h2-8,10,14,16H,9H2,1H3. The van der Waals surface area contributed by atoms with E-state index in [2.05, 4.69) is 0 Å². The minimum Gasteiger partial charge on any atom is -0.386 e. The van der Waals surface area contributed by atoms with Gasteiger partial charge in [-0.15, -0.1) is 0 Å². The van der Waals surface area contributed by atoms with Crippen molar-refractivity contribution < 1.29 is 10.0 Å². The first-order valence-electron chi connectivity index (χ1n) is 5.87. The maximum absolute atomic E-state index is 10.5. The molecule has 0 aromatic heterocycles. The average molecular weight is 245 g/mol. The van der Waals surface area contributed by atoms with Crippen LogP contribution in [0, 0.1) is 10.1 Å². The first-order chi connectivity index (χ1) is 8.59. The molecule has 0 aliphatic heterocycles. The van der Waals surface area contributed by atoms with Crippen molar-refractivity contribution in [2.45, 2.75) is 18.9 Å². The second-order valence-electron chi connectivity index (χ2n) is 4.44. The van der Waals surface area contributed by atoms with Crippen LogP contribution in [-0.2, 0) is 0 Å². The molecule has 2 aromatic carbocycles. The van der Waals surface area contributed by atoms with Crippen molar-refractivity contribution in [2.24, 2.45) is 0 Å². The van der Waals surface area contributed by atoms with E-state index in [0.29, 0.717) is 0 Å². The Hall–Kier alpha value is -1.94. The van der Waals surface area contributed by atoms with E-state index >= 15 is 0 Å². The van der Waals surface area contributed by atoms with Crippen molar-refractivity contribution in [2.75, 3.05) is 6.54 Å². The number of fused-ring (bicyclic) bond motifs is 1. The first-order valence-corrected chi connectivity index (χ1v) is 5.87. The molecule has 0 saturated carbocycles. The van der Waals surface area contributed by atoms with E-state index in [4.69, 9.17) is 0 Å².